The number of aryl methyl sites for hydroxylation is 1. The topological polar surface area (TPSA) is 34.9 Å². The summed E-state index contributed by atoms with van der Waals surface area (Å²) < 4.78 is 2.15. The van der Waals surface area contributed by atoms with Crippen LogP contribution in [0.4, 0.5) is 0 Å². The fourth-order valence-corrected chi connectivity index (χ4v) is 5.01. The monoisotopic (exact) mass is 364 g/mol. The summed E-state index contributed by atoms with van der Waals surface area (Å²) in [5, 5.41) is 1.68. The Morgan fingerprint density at radius 1 is 1.08 bits per heavy atom. The molecule has 0 radical (unpaired) electrons. The number of thioether (sulfide) groups is 1. The Morgan fingerprint density at radius 2 is 1.85 bits per heavy atom. The van der Waals surface area contributed by atoms with Crippen molar-refractivity contribution in [3.63, 3.8) is 0 Å². The van der Waals surface area contributed by atoms with E-state index < -0.39 is 0 Å². The summed E-state index contributed by atoms with van der Waals surface area (Å²) >= 11 is 1.81. The van der Waals surface area contributed by atoms with E-state index in [-0.39, 0.29) is 5.43 Å². The molecule has 0 spiro atoms. The zero-order chi connectivity index (χ0) is 17.9. The predicted octanol–water partition coefficient (Wildman–Crippen LogP) is 5.37. The second-order valence-corrected chi connectivity index (χ2v) is 8.20. The smallest absolute Gasteiger partial charge is 0.192 e. The molecule has 1 aliphatic carbocycles. The molecule has 4 heteroatoms. The average molecular weight is 365 g/mol. The lowest BCUT2D eigenvalue weighted by Crippen LogP contribution is -2.14. The number of rotatable bonds is 4. The van der Waals surface area contributed by atoms with Crippen molar-refractivity contribution in [3.05, 3.63) is 64.4 Å². The lowest BCUT2D eigenvalue weighted by atomic mass is 9.91. The minimum Gasteiger partial charge on any atom is -0.289 e. The largest absolute Gasteiger partial charge is 0.289 e. The van der Waals surface area contributed by atoms with Crippen LogP contribution in [0.5, 0.6) is 0 Å². The summed E-state index contributed by atoms with van der Waals surface area (Å²) in [7, 11) is 0. The normalized spacial score (nSPS) is 15.4. The number of aromatic nitrogens is 2. The molecule has 0 unspecified atom stereocenters. The van der Waals surface area contributed by atoms with Crippen LogP contribution in [0.25, 0.3) is 16.7 Å². The van der Waals surface area contributed by atoms with Crippen molar-refractivity contribution in [1.29, 1.82) is 0 Å². The van der Waals surface area contributed by atoms with Crippen LogP contribution in [-0.2, 0) is 0 Å². The Bertz CT molecular complexity index is 959. The summed E-state index contributed by atoms with van der Waals surface area (Å²) in [5.74, 6) is 1.83. The number of para-hydroxylation sites is 1. The van der Waals surface area contributed by atoms with E-state index in [1.807, 2.05) is 37.3 Å². The predicted molar refractivity (Wildman–Crippen MR) is 109 cm³/mol. The lowest BCUT2D eigenvalue weighted by Gasteiger charge is -2.22. The molecular weight excluding hydrogens is 340 g/mol. The molecule has 0 saturated heterocycles. The second-order valence-electron chi connectivity index (χ2n) is 7.16. The first-order chi connectivity index (χ1) is 12.7. The van der Waals surface area contributed by atoms with Gasteiger partial charge in [-0.3, -0.25) is 9.36 Å². The molecule has 2 aromatic heterocycles. The van der Waals surface area contributed by atoms with Crippen LogP contribution >= 0.6 is 11.8 Å². The van der Waals surface area contributed by atoms with Gasteiger partial charge < -0.3 is 0 Å². The lowest BCUT2D eigenvalue weighted by molar-refractivity contribution is 0.391. The molecule has 1 aromatic carbocycles. The van der Waals surface area contributed by atoms with E-state index in [2.05, 4.69) is 16.7 Å². The van der Waals surface area contributed by atoms with E-state index in [0.29, 0.717) is 5.39 Å². The van der Waals surface area contributed by atoms with E-state index in [9.17, 15) is 4.79 Å². The van der Waals surface area contributed by atoms with Crippen LogP contribution in [0.2, 0.25) is 0 Å². The van der Waals surface area contributed by atoms with Gasteiger partial charge in [0.15, 0.2) is 5.43 Å². The molecule has 1 saturated carbocycles. The summed E-state index contributed by atoms with van der Waals surface area (Å²) in [6.45, 7) is 1.97. The molecule has 26 heavy (non-hydrogen) atoms. The maximum absolute atomic E-state index is 12.7. The Hall–Kier alpha value is -2.07. The third-order valence-electron chi connectivity index (χ3n) is 5.17. The van der Waals surface area contributed by atoms with Gasteiger partial charge in [0.25, 0.3) is 0 Å². The van der Waals surface area contributed by atoms with Crippen molar-refractivity contribution >= 4 is 22.8 Å². The highest BCUT2D eigenvalue weighted by atomic mass is 32.2. The first-order valence-corrected chi connectivity index (χ1v) is 10.4. The van der Waals surface area contributed by atoms with Gasteiger partial charge in [0.1, 0.15) is 5.65 Å². The van der Waals surface area contributed by atoms with Gasteiger partial charge in [0.2, 0.25) is 0 Å². The first-order valence-electron chi connectivity index (χ1n) is 9.44. The van der Waals surface area contributed by atoms with Crippen LogP contribution in [0.1, 0.15) is 37.8 Å². The second kappa shape index (κ2) is 7.67. The fraction of sp³-hybridized carbons (Fsp3) is 0.364. The van der Waals surface area contributed by atoms with Gasteiger partial charge in [0, 0.05) is 23.2 Å². The molecule has 2 heterocycles. The maximum atomic E-state index is 12.7. The fourth-order valence-electron chi connectivity index (χ4n) is 3.75. The van der Waals surface area contributed by atoms with E-state index >= 15 is 0 Å². The van der Waals surface area contributed by atoms with Crippen LogP contribution in [0, 0.1) is 12.8 Å². The molecule has 1 fully saturated rings. The molecule has 4 rings (SSSR count). The SMILES string of the molecule is Cc1ccc2c(=O)cc(SCC3CCCCC3)n(-c3ccccc3)c2n1. The Morgan fingerprint density at radius 3 is 2.62 bits per heavy atom. The molecular formula is C22H24N2OS. The van der Waals surface area contributed by atoms with E-state index in [0.717, 1.165) is 33.7 Å². The highest BCUT2D eigenvalue weighted by Crippen LogP contribution is 2.31. The highest BCUT2D eigenvalue weighted by Gasteiger charge is 2.17. The minimum atomic E-state index is 0.0609. The first kappa shape index (κ1) is 17.3. The van der Waals surface area contributed by atoms with Gasteiger partial charge in [-0.05, 0) is 49.9 Å². The zero-order valence-corrected chi connectivity index (χ0v) is 16.0. The molecule has 0 aliphatic heterocycles. The van der Waals surface area contributed by atoms with E-state index in [4.69, 9.17) is 4.98 Å². The molecule has 134 valence electrons. The van der Waals surface area contributed by atoms with Gasteiger partial charge in [-0.25, -0.2) is 4.98 Å². The average Bonchev–Trinajstić information content (AvgIpc) is 2.67. The Balaban J connectivity index is 1.81. The van der Waals surface area contributed by atoms with Crippen molar-refractivity contribution in [2.75, 3.05) is 5.75 Å². The number of pyridine rings is 2. The maximum Gasteiger partial charge on any atom is 0.192 e. The molecule has 3 aromatic rings. The molecule has 3 nitrogen and oxygen atoms in total. The number of fused-ring (bicyclic) bond motifs is 1. The summed E-state index contributed by atoms with van der Waals surface area (Å²) in [4.78, 5) is 17.4. The van der Waals surface area contributed by atoms with Crippen molar-refractivity contribution < 1.29 is 0 Å². The van der Waals surface area contributed by atoms with Crippen LogP contribution in [0.15, 0.2) is 58.4 Å². The van der Waals surface area contributed by atoms with Crippen LogP contribution < -0.4 is 5.43 Å². The van der Waals surface area contributed by atoms with Crippen LogP contribution in [0.3, 0.4) is 0 Å². The number of hydrogen-bond acceptors (Lipinski definition) is 3. The van der Waals surface area contributed by atoms with Crippen molar-refractivity contribution in [2.45, 2.75) is 44.1 Å². The summed E-state index contributed by atoms with van der Waals surface area (Å²) in [6, 6.07) is 15.8. The molecule has 1 aliphatic rings. The number of benzene rings is 1. The van der Waals surface area contributed by atoms with Gasteiger partial charge in [-0.2, -0.15) is 0 Å². The molecule has 0 atom stereocenters. The summed E-state index contributed by atoms with van der Waals surface area (Å²) in [5.41, 5.74) is 2.80. The molecule has 0 N–H and O–H groups in total. The molecule has 0 amide bonds. The third kappa shape index (κ3) is 3.56. The highest BCUT2D eigenvalue weighted by molar-refractivity contribution is 7.99. The number of hydrogen-bond donors (Lipinski definition) is 0. The minimum absolute atomic E-state index is 0.0609. The van der Waals surface area contributed by atoms with E-state index in [1.54, 1.807) is 17.8 Å². The quantitative estimate of drug-likeness (QED) is 0.584. The van der Waals surface area contributed by atoms with Crippen molar-refractivity contribution in [3.8, 4) is 5.69 Å². The Kier molecular flexibility index (Phi) is 5.11. The van der Waals surface area contributed by atoms with E-state index in [1.165, 1.54) is 32.1 Å². The van der Waals surface area contributed by atoms with Gasteiger partial charge in [0.05, 0.1) is 10.4 Å². The van der Waals surface area contributed by atoms with Gasteiger partial charge in [-0.15, -0.1) is 11.8 Å². The summed E-state index contributed by atoms with van der Waals surface area (Å²) in [6.07, 6.45) is 6.68. The number of nitrogens with zero attached hydrogens (tertiary/aromatic N) is 2. The third-order valence-corrected chi connectivity index (χ3v) is 6.41. The van der Waals surface area contributed by atoms with Gasteiger partial charge >= 0.3 is 0 Å². The molecule has 0 bridgehead atoms. The van der Waals surface area contributed by atoms with Crippen molar-refractivity contribution in [2.24, 2.45) is 5.92 Å². The Labute approximate surface area is 158 Å². The van der Waals surface area contributed by atoms with Crippen LogP contribution in [-0.4, -0.2) is 15.3 Å². The van der Waals surface area contributed by atoms with Crippen molar-refractivity contribution in [1.82, 2.24) is 9.55 Å². The zero-order valence-electron chi connectivity index (χ0n) is 15.1. The standard InChI is InChI=1S/C22H24N2OS/c1-16-12-13-19-20(25)14-21(26-15-17-8-4-2-5-9-17)24(22(19)23-16)18-10-6-3-7-11-18/h3,6-7,10-14,17H,2,4-5,8-9,15H2,1H3. The van der Waals surface area contributed by atoms with Gasteiger partial charge in [-0.1, -0.05) is 37.5 Å².